The summed E-state index contributed by atoms with van der Waals surface area (Å²) in [6, 6.07) is 15.3. The van der Waals surface area contributed by atoms with Crippen LogP contribution in [-0.4, -0.2) is 66.5 Å². The topological polar surface area (TPSA) is 72.7 Å². The summed E-state index contributed by atoms with van der Waals surface area (Å²) < 4.78 is 5.47. The predicted molar refractivity (Wildman–Crippen MR) is 112 cm³/mol. The van der Waals surface area contributed by atoms with Crippen LogP contribution in [0, 0.1) is 0 Å². The minimum atomic E-state index is -0.277. The van der Waals surface area contributed by atoms with Crippen molar-refractivity contribution in [2.24, 2.45) is 0 Å². The Hall–Kier alpha value is -3.13. The number of hydrogen-bond acceptors (Lipinski definition) is 7. The van der Waals surface area contributed by atoms with E-state index in [2.05, 4.69) is 26.2 Å². The van der Waals surface area contributed by atoms with Crippen LogP contribution in [0.1, 0.15) is 6.42 Å². The number of fused-ring (bicyclic) bond motifs is 1. The van der Waals surface area contributed by atoms with Gasteiger partial charge in [0.1, 0.15) is 17.9 Å². The van der Waals surface area contributed by atoms with Gasteiger partial charge >= 0.3 is 5.56 Å². The molecule has 8 nitrogen and oxygen atoms in total. The van der Waals surface area contributed by atoms with Gasteiger partial charge in [-0.2, -0.15) is 0 Å². The van der Waals surface area contributed by atoms with Gasteiger partial charge < -0.3 is 14.5 Å². The fourth-order valence-corrected chi connectivity index (χ4v) is 3.60. The van der Waals surface area contributed by atoms with Crippen molar-refractivity contribution >= 4 is 16.6 Å². The molecule has 3 aromatic rings. The first-order valence-electron chi connectivity index (χ1n) is 9.84. The molecule has 0 unspecified atom stereocenters. The maximum absolute atomic E-state index is 12.4. The van der Waals surface area contributed by atoms with Gasteiger partial charge in [-0.3, -0.25) is 9.69 Å². The Balaban J connectivity index is 1.24. The molecule has 0 atom stereocenters. The van der Waals surface area contributed by atoms with Crippen molar-refractivity contribution in [2.45, 2.75) is 6.42 Å². The quantitative estimate of drug-likeness (QED) is 0.561. The maximum Gasteiger partial charge on any atom is 0.314 e. The van der Waals surface area contributed by atoms with Crippen LogP contribution in [0.2, 0.25) is 0 Å². The highest BCUT2D eigenvalue weighted by atomic mass is 16.7. The molecule has 1 aliphatic heterocycles. The minimum Gasteiger partial charge on any atom is -0.495 e. The lowest BCUT2D eigenvalue weighted by molar-refractivity contribution is 0.0596. The van der Waals surface area contributed by atoms with Crippen molar-refractivity contribution < 1.29 is 9.57 Å². The minimum absolute atomic E-state index is 0.277. The molecule has 8 heteroatoms. The molecule has 0 radical (unpaired) electrons. The zero-order valence-corrected chi connectivity index (χ0v) is 16.5. The fourth-order valence-electron chi connectivity index (χ4n) is 3.60. The highest BCUT2D eigenvalue weighted by Crippen LogP contribution is 2.28. The standard InChI is InChI=1S/C21H25N5O3/c1-28-20-10-5-4-9-19(20)25-14-12-24(13-15-25)11-6-16-29-26-21(27)17-7-2-3-8-18(17)22-23-26/h2-5,7-10H,6,11-16H2,1H3. The van der Waals surface area contributed by atoms with E-state index in [0.717, 1.165) is 55.4 Å². The maximum atomic E-state index is 12.4. The van der Waals surface area contributed by atoms with Crippen molar-refractivity contribution in [3.05, 3.63) is 58.9 Å². The number of piperazine rings is 1. The van der Waals surface area contributed by atoms with Crippen molar-refractivity contribution in [1.82, 2.24) is 20.1 Å². The first-order chi connectivity index (χ1) is 14.3. The van der Waals surface area contributed by atoms with Gasteiger partial charge in [0, 0.05) is 32.7 Å². The van der Waals surface area contributed by atoms with E-state index in [1.807, 2.05) is 24.3 Å². The van der Waals surface area contributed by atoms with Crippen LogP contribution in [0.4, 0.5) is 5.69 Å². The monoisotopic (exact) mass is 395 g/mol. The Morgan fingerprint density at radius 1 is 1.00 bits per heavy atom. The molecule has 4 rings (SSSR count). The molecule has 0 N–H and O–H groups in total. The number of hydrogen-bond donors (Lipinski definition) is 0. The lowest BCUT2D eigenvalue weighted by Gasteiger charge is -2.36. The van der Waals surface area contributed by atoms with Crippen LogP contribution < -0.4 is 20.0 Å². The fraction of sp³-hybridized carbons (Fsp3) is 0.381. The largest absolute Gasteiger partial charge is 0.495 e. The molecular formula is C21H25N5O3. The molecule has 1 saturated heterocycles. The lowest BCUT2D eigenvalue weighted by atomic mass is 10.2. The number of ether oxygens (including phenoxy) is 1. The normalized spacial score (nSPS) is 14.9. The third-order valence-electron chi connectivity index (χ3n) is 5.17. The van der Waals surface area contributed by atoms with Gasteiger partial charge in [-0.15, -0.1) is 5.10 Å². The Morgan fingerprint density at radius 2 is 1.76 bits per heavy atom. The van der Waals surface area contributed by atoms with Gasteiger partial charge in [0.2, 0.25) is 0 Å². The second-order valence-corrected chi connectivity index (χ2v) is 6.97. The van der Waals surface area contributed by atoms with E-state index in [1.54, 1.807) is 25.3 Å². The van der Waals surface area contributed by atoms with Crippen LogP contribution >= 0.6 is 0 Å². The van der Waals surface area contributed by atoms with Crippen molar-refractivity contribution in [2.75, 3.05) is 51.3 Å². The first-order valence-corrected chi connectivity index (χ1v) is 9.84. The van der Waals surface area contributed by atoms with Crippen molar-refractivity contribution in [3.8, 4) is 5.75 Å². The van der Waals surface area contributed by atoms with E-state index in [9.17, 15) is 4.79 Å². The molecular weight excluding hydrogens is 370 g/mol. The Labute approximate surface area is 169 Å². The number of nitrogens with zero attached hydrogens (tertiary/aromatic N) is 5. The molecule has 29 heavy (non-hydrogen) atoms. The van der Waals surface area contributed by atoms with Crippen LogP contribution in [-0.2, 0) is 0 Å². The van der Waals surface area contributed by atoms with Crippen molar-refractivity contribution in [1.29, 1.82) is 0 Å². The SMILES string of the molecule is COc1ccccc1N1CCN(CCCOn2nnc3ccccc3c2=O)CC1. The molecule has 1 aliphatic rings. The van der Waals surface area contributed by atoms with Crippen LogP contribution in [0.15, 0.2) is 53.3 Å². The summed E-state index contributed by atoms with van der Waals surface area (Å²) in [5, 5.41) is 8.38. The van der Waals surface area contributed by atoms with E-state index in [-0.39, 0.29) is 5.56 Å². The van der Waals surface area contributed by atoms with Gasteiger partial charge in [0.15, 0.2) is 0 Å². The van der Waals surface area contributed by atoms with E-state index in [1.165, 1.54) is 0 Å². The average Bonchev–Trinajstić information content (AvgIpc) is 2.78. The van der Waals surface area contributed by atoms with E-state index >= 15 is 0 Å². The summed E-state index contributed by atoms with van der Waals surface area (Å²) in [4.78, 5) is 23.6. The second-order valence-electron chi connectivity index (χ2n) is 6.97. The molecule has 152 valence electrons. The molecule has 0 aliphatic carbocycles. The lowest BCUT2D eigenvalue weighted by Crippen LogP contribution is -2.47. The number of methoxy groups -OCH3 is 1. The molecule has 1 aromatic heterocycles. The molecule has 0 amide bonds. The smallest absolute Gasteiger partial charge is 0.314 e. The summed E-state index contributed by atoms with van der Waals surface area (Å²) in [5.41, 5.74) is 1.44. The molecule has 0 saturated carbocycles. The number of benzene rings is 2. The van der Waals surface area contributed by atoms with Gasteiger partial charge in [-0.25, -0.2) is 0 Å². The first kappa shape index (κ1) is 19.2. The average molecular weight is 395 g/mol. The zero-order valence-electron chi connectivity index (χ0n) is 16.5. The van der Waals surface area contributed by atoms with Crippen molar-refractivity contribution in [3.63, 3.8) is 0 Å². The number of aromatic nitrogens is 3. The van der Waals surface area contributed by atoms with Gasteiger partial charge in [-0.05, 0) is 40.7 Å². The molecule has 0 spiro atoms. The summed E-state index contributed by atoms with van der Waals surface area (Å²) >= 11 is 0. The van der Waals surface area contributed by atoms with E-state index in [0.29, 0.717) is 17.5 Å². The van der Waals surface area contributed by atoms with Crippen LogP contribution in [0.5, 0.6) is 5.75 Å². The van der Waals surface area contributed by atoms with Crippen LogP contribution in [0.3, 0.4) is 0 Å². The van der Waals surface area contributed by atoms with Gasteiger partial charge in [-0.1, -0.05) is 24.3 Å². The summed E-state index contributed by atoms with van der Waals surface area (Å²) in [5.74, 6) is 0.913. The highest BCUT2D eigenvalue weighted by Gasteiger charge is 2.19. The predicted octanol–water partition coefficient (Wildman–Crippen LogP) is 1.44. The number of anilines is 1. The van der Waals surface area contributed by atoms with Gasteiger partial charge in [0.25, 0.3) is 0 Å². The molecule has 2 aromatic carbocycles. The zero-order chi connectivity index (χ0) is 20.1. The number of rotatable bonds is 7. The summed E-state index contributed by atoms with van der Waals surface area (Å²) in [7, 11) is 1.71. The van der Waals surface area contributed by atoms with Crippen LogP contribution in [0.25, 0.3) is 10.9 Å². The molecule has 2 heterocycles. The number of para-hydroxylation sites is 2. The van der Waals surface area contributed by atoms with E-state index < -0.39 is 0 Å². The Morgan fingerprint density at radius 3 is 2.59 bits per heavy atom. The third-order valence-corrected chi connectivity index (χ3v) is 5.17. The molecule has 1 fully saturated rings. The second kappa shape index (κ2) is 8.91. The summed E-state index contributed by atoms with van der Waals surface area (Å²) in [6.45, 7) is 5.20. The third kappa shape index (κ3) is 4.32. The Bertz CT molecular complexity index is 1010. The highest BCUT2D eigenvalue weighted by molar-refractivity contribution is 5.76. The van der Waals surface area contributed by atoms with E-state index in [4.69, 9.17) is 9.57 Å². The van der Waals surface area contributed by atoms with Gasteiger partial charge in [0.05, 0.1) is 18.2 Å². The Kier molecular flexibility index (Phi) is 5.90. The molecule has 0 bridgehead atoms. The summed E-state index contributed by atoms with van der Waals surface area (Å²) in [6.07, 6.45) is 0.815.